The first-order valence-corrected chi connectivity index (χ1v) is 3.25. The summed E-state index contributed by atoms with van der Waals surface area (Å²) in [4.78, 5) is 4.42. The molecular formula is C6H13NO. The number of rotatable bonds is 4. The van der Waals surface area contributed by atoms with E-state index in [1.807, 2.05) is 0 Å². The average Bonchev–Trinajstić information content (AvgIpc) is 2.51. The summed E-state index contributed by atoms with van der Waals surface area (Å²) in [5, 5.41) is 0. The van der Waals surface area contributed by atoms with Gasteiger partial charge in [0.15, 0.2) is 0 Å². The van der Waals surface area contributed by atoms with Crippen molar-refractivity contribution in [3.8, 4) is 0 Å². The Morgan fingerprint density at radius 3 is 2.75 bits per heavy atom. The molecule has 2 nitrogen and oxygen atoms in total. The molecule has 0 bridgehead atoms. The molecule has 0 radical (unpaired) electrons. The van der Waals surface area contributed by atoms with Gasteiger partial charge >= 0.3 is 0 Å². The summed E-state index contributed by atoms with van der Waals surface area (Å²) in [5.74, 6) is 5.85. The summed E-state index contributed by atoms with van der Waals surface area (Å²) in [5.41, 5.74) is 0. The second-order valence-corrected chi connectivity index (χ2v) is 2.46. The van der Waals surface area contributed by atoms with E-state index in [4.69, 9.17) is 5.90 Å². The molecule has 0 aromatic heterocycles. The van der Waals surface area contributed by atoms with E-state index in [9.17, 15) is 0 Å². The Balaban J connectivity index is 1.74. The van der Waals surface area contributed by atoms with Crippen LogP contribution in [0.4, 0.5) is 0 Å². The Kier molecular flexibility index (Phi) is 2.30. The van der Waals surface area contributed by atoms with Crippen molar-refractivity contribution >= 4 is 0 Å². The molecule has 0 aromatic rings. The third kappa shape index (κ3) is 2.28. The molecule has 1 saturated carbocycles. The van der Waals surface area contributed by atoms with E-state index in [0.29, 0.717) is 0 Å². The zero-order valence-corrected chi connectivity index (χ0v) is 5.10. The van der Waals surface area contributed by atoms with Crippen LogP contribution in [-0.2, 0) is 4.84 Å². The van der Waals surface area contributed by atoms with Crippen molar-refractivity contribution < 1.29 is 4.84 Å². The van der Waals surface area contributed by atoms with E-state index in [-0.39, 0.29) is 0 Å². The van der Waals surface area contributed by atoms with E-state index in [0.717, 1.165) is 18.9 Å². The highest BCUT2D eigenvalue weighted by Gasteiger charge is 2.19. The SMILES string of the molecule is NOCCCC1CC1. The molecule has 0 amide bonds. The summed E-state index contributed by atoms with van der Waals surface area (Å²) in [7, 11) is 0. The summed E-state index contributed by atoms with van der Waals surface area (Å²) in [6, 6.07) is 0. The Hall–Kier alpha value is -0.0800. The molecule has 0 heterocycles. The van der Waals surface area contributed by atoms with Crippen LogP contribution in [0.1, 0.15) is 25.7 Å². The maximum Gasteiger partial charge on any atom is 0.0679 e. The van der Waals surface area contributed by atoms with Crippen LogP contribution in [0, 0.1) is 5.92 Å². The maximum atomic E-state index is 4.84. The van der Waals surface area contributed by atoms with Crippen LogP contribution in [0.25, 0.3) is 0 Å². The van der Waals surface area contributed by atoms with Gasteiger partial charge in [-0.3, -0.25) is 0 Å². The molecule has 1 fully saturated rings. The highest BCUT2D eigenvalue weighted by Crippen LogP contribution is 2.33. The van der Waals surface area contributed by atoms with Crippen molar-refractivity contribution in [2.45, 2.75) is 25.7 Å². The lowest BCUT2D eigenvalue weighted by atomic mass is 10.2. The first-order chi connectivity index (χ1) is 3.93. The lowest BCUT2D eigenvalue weighted by molar-refractivity contribution is 0.133. The molecule has 0 aromatic carbocycles. The third-order valence-electron chi connectivity index (χ3n) is 1.57. The predicted molar refractivity (Wildman–Crippen MR) is 32.1 cm³/mol. The summed E-state index contributed by atoms with van der Waals surface area (Å²) in [6.07, 6.45) is 5.33. The fourth-order valence-electron chi connectivity index (χ4n) is 0.862. The van der Waals surface area contributed by atoms with E-state index in [1.165, 1.54) is 19.3 Å². The molecule has 2 N–H and O–H groups in total. The monoisotopic (exact) mass is 115 g/mol. The molecule has 0 spiro atoms. The lowest BCUT2D eigenvalue weighted by Crippen LogP contribution is -2.00. The normalized spacial score (nSPS) is 19.1. The Labute approximate surface area is 50.0 Å². The van der Waals surface area contributed by atoms with Crippen molar-refractivity contribution in [2.75, 3.05) is 6.61 Å². The van der Waals surface area contributed by atoms with Crippen LogP contribution in [0.2, 0.25) is 0 Å². The molecule has 1 aliphatic rings. The maximum absolute atomic E-state index is 4.84. The largest absolute Gasteiger partial charge is 0.305 e. The van der Waals surface area contributed by atoms with E-state index in [1.54, 1.807) is 0 Å². The van der Waals surface area contributed by atoms with Crippen LogP contribution in [0.5, 0.6) is 0 Å². The molecule has 0 saturated heterocycles. The first-order valence-electron chi connectivity index (χ1n) is 3.25. The quantitative estimate of drug-likeness (QED) is 0.439. The van der Waals surface area contributed by atoms with Gasteiger partial charge in [-0.2, -0.15) is 0 Å². The Morgan fingerprint density at radius 1 is 1.50 bits per heavy atom. The Bertz CT molecular complexity index is 61.5. The van der Waals surface area contributed by atoms with Gasteiger partial charge in [0.2, 0.25) is 0 Å². The van der Waals surface area contributed by atoms with Crippen LogP contribution in [0.15, 0.2) is 0 Å². The molecule has 0 atom stereocenters. The fraction of sp³-hybridized carbons (Fsp3) is 1.00. The lowest BCUT2D eigenvalue weighted by Gasteiger charge is -1.93. The molecule has 0 aliphatic heterocycles. The third-order valence-corrected chi connectivity index (χ3v) is 1.57. The smallest absolute Gasteiger partial charge is 0.0679 e. The van der Waals surface area contributed by atoms with Gasteiger partial charge in [-0.05, 0) is 18.8 Å². The standard InChI is InChI=1S/C6H13NO/c7-8-5-1-2-6-3-4-6/h6H,1-5,7H2. The topological polar surface area (TPSA) is 35.2 Å². The van der Waals surface area contributed by atoms with E-state index < -0.39 is 0 Å². The number of hydrogen-bond acceptors (Lipinski definition) is 2. The molecule has 2 heteroatoms. The summed E-state index contributed by atoms with van der Waals surface area (Å²) in [6.45, 7) is 0.733. The minimum absolute atomic E-state index is 0.733. The van der Waals surface area contributed by atoms with E-state index >= 15 is 0 Å². The van der Waals surface area contributed by atoms with Crippen LogP contribution in [0.3, 0.4) is 0 Å². The van der Waals surface area contributed by atoms with Crippen molar-refractivity contribution in [3.63, 3.8) is 0 Å². The predicted octanol–water partition coefficient (Wildman–Crippen LogP) is 1.07. The minimum atomic E-state index is 0.733. The van der Waals surface area contributed by atoms with Crippen molar-refractivity contribution in [3.05, 3.63) is 0 Å². The zero-order chi connectivity index (χ0) is 5.82. The van der Waals surface area contributed by atoms with Crippen LogP contribution in [-0.4, -0.2) is 6.61 Å². The van der Waals surface area contributed by atoms with Crippen LogP contribution >= 0.6 is 0 Å². The molecule has 8 heavy (non-hydrogen) atoms. The zero-order valence-electron chi connectivity index (χ0n) is 5.10. The highest BCUT2D eigenvalue weighted by molar-refractivity contribution is 4.72. The second-order valence-electron chi connectivity index (χ2n) is 2.46. The van der Waals surface area contributed by atoms with Gasteiger partial charge in [-0.1, -0.05) is 12.8 Å². The van der Waals surface area contributed by atoms with Gasteiger partial charge in [0.25, 0.3) is 0 Å². The van der Waals surface area contributed by atoms with Crippen molar-refractivity contribution in [2.24, 2.45) is 11.8 Å². The number of nitrogens with two attached hydrogens (primary N) is 1. The van der Waals surface area contributed by atoms with Gasteiger partial charge < -0.3 is 4.84 Å². The molecule has 1 rings (SSSR count). The minimum Gasteiger partial charge on any atom is -0.305 e. The van der Waals surface area contributed by atoms with Crippen LogP contribution < -0.4 is 5.90 Å². The summed E-state index contributed by atoms with van der Waals surface area (Å²) < 4.78 is 0. The highest BCUT2D eigenvalue weighted by atomic mass is 16.6. The van der Waals surface area contributed by atoms with Crippen molar-refractivity contribution in [1.82, 2.24) is 0 Å². The molecular weight excluding hydrogens is 102 g/mol. The van der Waals surface area contributed by atoms with Gasteiger partial charge in [-0.15, -0.1) is 0 Å². The fourth-order valence-corrected chi connectivity index (χ4v) is 0.862. The average molecular weight is 115 g/mol. The van der Waals surface area contributed by atoms with Gasteiger partial charge in [0.05, 0.1) is 6.61 Å². The van der Waals surface area contributed by atoms with Gasteiger partial charge in [0.1, 0.15) is 0 Å². The Morgan fingerprint density at radius 2 is 2.25 bits per heavy atom. The molecule has 48 valence electrons. The first kappa shape index (κ1) is 6.05. The van der Waals surface area contributed by atoms with Crippen molar-refractivity contribution in [1.29, 1.82) is 0 Å². The summed E-state index contributed by atoms with van der Waals surface area (Å²) >= 11 is 0. The van der Waals surface area contributed by atoms with Gasteiger partial charge in [-0.25, -0.2) is 5.90 Å². The second kappa shape index (κ2) is 3.05. The molecule has 0 unspecified atom stereocenters. The van der Waals surface area contributed by atoms with E-state index in [2.05, 4.69) is 4.84 Å². The molecule has 1 aliphatic carbocycles. The van der Waals surface area contributed by atoms with Gasteiger partial charge in [0, 0.05) is 0 Å². The number of hydrogen-bond donors (Lipinski definition) is 1.